The molecular weight excluding hydrogens is 234 g/mol. The van der Waals surface area contributed by atoms with Crippen molar-refractivity contribution in [3.8, 4) is 0 Å². The third kappa shape index (κ3) is 4.29. The largest absolute Gasteiger partial charge is 0.316 e. The Balaban J connectivity index is 1.82. The van der Waals surface area contributed by atoms with Gasteiger partial charge in [0, 0.05) is 19.3 Å². The molecule has 0 unspecified atom stereocenters. The molecule has 0 aliphatic carbocycles. The standard InChI is InChI=1S/C16H27N3/c1-13(2)15-6-8-19(9-7-15)12-16-5-4-14(10-17-3)11-18-16/h4-5,11,13,15,17H,6-10,12H2,1-3H3. The maximum Gasteiger partial charge on any atom is 0.0544 e. The summed E-state index contributed by atoms with van der Waals surface area (Å²) in [6, 6.07) is 4.35. The highest BCUT2D eigenvalue weighted by Gasteiger charge is 2.21. The fraction of sp³-hybridized carbons (Fsp3) is 0.688. The van der Waals surface area contributed by atoms with E-state index >= 15 is 0 Å². The van der Waals surface area contributed by atoms with Crippen LogP contribution in [-0.4, -0.2) is 30.0 Å². The topological polar surface area (TPSA) is 28.2 Å². The van der Waals surface area contributed by atoms with Crippen molar-refractivity contribution in [2.45, 2.75) is 39.8 Å². The Morgan fingerprint density at radius 2 is 2.05 bits per heavy atom. The summed E-state index contributed by atoms with van der Waals surface area (Å²) in [7, 11) is 1.97. The van der Waals surface area contributed by atoms with Gasteiger partial charge in [0.2, 0.25) is 0 Å². The highest BCUT2D eigenvalue weighted by molar-refractivity contribution is 5.13. The molecule has 0 amide bonds. The molecule has 1 N–H and O–H groups in total. The molecule has 0 bridgehead atoms. The zero-order valence-electron chi connectivity index (χ0n) is 12.5. The predicted octanol–water partition coefficient (Wildman–Crippen LogP) is 2.67. The van der Waals surface area contributed by atoms with Crippen molar-refractivity contribution in [1.82, 2.24) is 15.2 Å². The molecule has 1 aromatic rings. The van der Waals surface area contributed by atoms with Crippen LogP contribution in [0.1, 0.15) is 37.9 Å². The molecule has 0 saturated carbocycles. The lowest BCUT2D eigenvalue weighted by Gasteiger charge is -2.33. The molecule has 2 rings (SSSR count). The second-order valence-electron chi connectivity index (χ2n) is 6.05. The van der Waals surface area contributed by atoms with Crippen LogP contribution in [-0.2, 0) is 13.1 Å². The van der Waals surface area contributed by atoms with Crippen molar-refractivity contribution in [3.05, 3.63) is 29.6 Å². The summed E-state index contributed by atoms with van der Waals surface area (Å²) in [4.78, 5) is 7.10. The summed E-state index contributed by atoms with van der Waals surface area (Å²) >= 11 is 0. The lowest BCUT2D eigenvalue weighted by molar-refractivity contribution is 0.150. The van der Waals surface area contributed by atoms with Crippen LogP contribution < -0.4 is 5.32 Å². The van der Waals surface area contributed by atoms with E-state index in [4.69, 9.17) is 0 Å². The molecule has 3 heteroatoms. The Bertz CT molecular complexity index is 364. The second kappa shape index (κ2) is 7.01. The van der Waals surface area contributed by atoms with Crippen LogP contribution in [0.15, 0.2) is 18.3 Å². The first-order chi connectivity index (χ1) is 9.19. The van der Waals surface area contributed by atoms with E-state index in [1.807, 2.05) is 13.2 Å². The molecule has 0 aromatic carbocycles. The van der Waals surface area contributed by atoms with Crippen molar-refractivity contribution in [2.75, 3.05) is 20.1 Å². The van der Waals surface area contributed by atoms with E-state index in [9.17, 15) is 0 Å². The number of hydrogen-bond donors (Lipinski definition) is 1. The minimum absolute atomic E-state index is 0.834. The van der Waals surface area contributed by atoms with E-state index in [0.717, 1.165) is 24.9 Å². The summed E-state index contributed by atoms with van der Waals surface area (Å²) in [6.07, 6.45) is 4.68. The van der Waals surface area contributed by atoms with Gasteiger partial charge in [-0.05, 0) is 56.4 Å². The highest BCUT2D eigenvalue weighted by Crippen LogP contribution is 2.24. The van der Waals surface area contributed by atoms with Crippen molar-refractivity contribution < 1.29 is 0 Å². The lowest BCUT2D eigenvalue weighted by Crippen LogP contribution is -2.34. The Morgan fingerprint density at radius 1 is 1.32 bits per heavy atom. The van der Waals surface area contributed by atoms with E-state index in [-0.39, 0.29) is 0 Å². The van der Waals surface area contributed by atoms with Crippen LogP contribution in [0.3, 0.4) is 0 Å². The third-order valence-electron chi connectivity index (χ3n) is 4.23. The first kappa shape index (κ1) is 14.5. The molecule has 0 spiro atoms. The van der Waals surface area contributed by atoms with Crippen molar-refractivity contribution in [3.63, 3.8) is 0 Å². The van der Waals surface area contributed by atoms with E-state index in [1.165, 1.54) is 37.2 Å². The minimum Gasteiger partial charge on any atom is -0.316 e. The Labute approximate surface area is 117 Å². The number of hydrogen-bond acceptors (Lipinski definition) is 3. The van der Waals surface area contributed by atoms with E-state index in [0.29, 0.717) is 0 Å². The van der Waals surface area contributed by atoms with Gasteiger partial charge in [-0.15, -0.1) is 0 Å². The summed E-state index contributed by atoms with van der Waals surface area (Å²) in [6.45, 7) is 9.05. The predicted molar refractivity (Wildman–Crippen MR) is 79.8 cm³/mol. The monoisotopic (exact) mass is 261 g/mol. The number of pyridine rings is 1. The molecule has 106 valence electrons. The van der Waals surface area contributed by atoms with Gasteiger partial charge in [0.15, 0.2) is 0 Å². The Kier molecular flexibility index (Phi) is 5.34. The van der Waals surface area contributed by atoms with Crippen LogP contribution in [0.5, 0.6) is 0 Å². The van der Waals surface area contributed by atoms with Crippen molar-refractivity contribution in [2.24, 2.45) is 11.8 Å². The van der Waals surface area contributed by atoms with Gasteiger partial charge in [-0.1, -0.05) is 19.9 Å². The van der Waals surface area contributed by atoms with Crippen LogP contribution in [0.25, 0.3) is 0 Å². The smallest absolute Gasteiger partial charge is 0.0544 e. The first-order valence-corrected chi connectivity index (χ1v) is 7.50. The molecule has 0 atom stereocenters. The first-order valence-electron chi connectivity index (χ1n) is 7.50. The molecule has 1 fully saturated rings. The van der Waals surface area contributed by atoms with Crippen LogP contribution in [0.2, 0.25) is 0 Å². The molecule has 19 heavy (non-hydrogen) atoms. The fourth-order valence-corrected chi connectivity index (χ4v) is 2.86. The van der Waals surface area contributed by atoms with Crippen LogP contribution >= 0.6 is 0 Å². The number of nitrogens with zero attached hydrogens (tertiary/aromatic N) is 2. The van der Waals surface area contributed by atoms with Gasteiger partial charge < -0.3 is 5.32 Å². The summed E-state index contributed by atoms with van der Waals surface area (Å²) in [5, 5.41) is 3.15. The van der Waals surface area contributed by atoms with Gasteiger partial charge in [-0.25, -0.2) is 0 Å². The van der Waals surface area contributed by atoms with Gasteiger partial charge in [0.05, 0.1) is 5.69 Å². The van der Waals surface area contributed by atoms with Gasteiger partial charge >= 0.3 is 0 Å². The molecule has 3 nitrogen and oxygen atoms in total. The number of rotatable bonds is 5. The van der Waals surface area contributed by atoms with Gasteiger partial charge in [-0.3, -0.25) is 9.88 Å². The molecule has 1 saturated heterocycles. The summed E-state index contributed by atoms with van der Waals surface area (Å²) in [5.74, 6) is 1.75. The summed E-state index contributed by atoms with van der Waals surface area (Å²) < 4.78 is 0. The molecule has 1 aliphatic heterocycles. The average molecular weight is 261 g/mol. The quantitative estimate of drug-likeness (QED) is 0.883. The van der Waals surface area contributed by atoms with E-state index in [2.05, 4.69) is 41.2 Å². The summed E-state index contributed by atoms with van der Waals surface area (Å²) in [5.41, 5.74) is 2.45. The maximum absolute atomic E-state index is 4.56. The number of aromatic nitrogens is 1. The minimum atomic E-state index is 0.834. The number of nitrogens with one attached hydrogen (secondary N) is 1. The van der Waals surface area contributed by atoms with Crippen molar-refractivity contribution in [1.29, 1.82) is 0 Å². The van der Waals surface area contributed by atoms with E-state index in [1.54, 1.807) is 0 Å². The van der Waals surface area contributed by atoms with Gasteiger partial charge in [-0.2, -0.15) is 0 Å². The van der Waals surface area contributed by atoms with Gasteiger partial charge in [0.25, 0.3) is 0 Å². The molecule has 1 aliphatic rings. The average Bonchev–Trinajstić information content (AvgIpc) is 2.42. The zero-order chi connectivity index (χ0) is 13.7. The molecule has 0 radical (unpaired) electrons. The molecule has 2 heterocycles. The van der Waals surface area contributed by atoms with Crippen molar-refractivity contribution >= 4 is 0 Å². The fourth-order valence-electron chi connectivity index (χ4n) is 2.86. The third-order valence-corrected chi connectivity index (χ3v) is 4.23. The highest BCUT2D eigenvalue weighted by atomic mass is 15.1. The number of likely N-dealkylation sites (tertiary alicyclic amines) is 1. The van der Waals surface area contributed by atoms with Crippen LogP contribution in [0, 0.1) is 11.8 Å². The van der Waals surface area contributed by atoms with E-state index < -0.39 is 0 Å². The number of piperidine rings is 1. The molecule has 1 aromatic heterocycles. The SMILES string of the molecule is CNCc1ccc(CN2CCC(C(C)C)CC2)nc1. The normalized spacial score (nSPS) is 18.1. The Hall–Kier alpha value is -0.930. The zero-order valence-corrected chi connectivity index (χ0v) is 12.5. The van der Waals surface area contributed by atoms with Gasteiger partial charge in [0.1, 0.15) is 0 Å². The maximum atomic E-state index is 4.56. The Morgan fingerprint density at radius 3 is 2.58 bits per heavy atom. The molecular formula is C16H27N3. The lowest BCUT2D eigenvalue weighted by atomic mass is 9.87. The second-order valence-corrected chi connectivity index (χ2v) is 6.05. The van der Waals surface area contributed by atoms with Crippen LogP contribution in [0.4, 0.5) is 0 Å².